The molecule has 13 heteroatoms. The molecule has 11 nitrogen and oxygen atoms in total. The van der Waals surface area contributed by atoms with Crippen molar-refractivity contribution in [3.63, 3.8) is 0 Å². The fraction of sp³-hybridized carbons (Fsp3) is 0.237. The predicted molar refractivity (Wildman–Crippen MR) is 198 cm³/mol. The van der Waals surface area contributed by atoms with Gasteiger partial charge >= 0.3 is 6.01 Å². The molecule has 51 heavy (non-hydrogen) atoms. The van der Waals surface area contributed by atoms with Crippen LogP contribution in [0.1, 0.15) is 18.2 Å². The molecule has 1 aliphatic rings. The van der Waals surface area contributed by atoms with Gasteiger partial charge in [0.2, 0.25) is 0 Å². The molecule has 2 aromatic carbocycles. The zero-order valence-electron chi connectivity index (χ0n) is 28.6. The highest BCUT2D eigenvalue weighted by Gasteiger charge is 2.24. The number of hydrogen-bond donors (Lipinski definition) is 2. The summed E-state index contributed by atoms with van der Waals surface area (Å²) >= 11 is 1.55. The number of morpholine rings is 1. The summed E-state index contributed by atoms with van der Waals surface area (Å²) in [5.41, 5.74) is 13.3. The lowest BCUT2D eigenvalue weighted by molar-refractivity contribution is -0.112. The highest BCUT2D eigenvalue weighted by molar-refractivity contribution is 7.23. The number of nitrogens with one attached hydrogen (secondary N) is 1. The van der Waals surface area contributed by atoms with E-state index in [0.717, 1.165) is 76.8 Å². The Hall–Kier alpha value is -5.50. The van der Waals surface area contributed by atoms with Crippen molar-refractivity contribution in [1.29, 1.82) is 0 Å². The van der Waals surface area contributed by atoms with Gasteiger partial charge in [0.05, 0.1) is 26.0 Å². The average molecular weight is 705 g/mol. The Balaban J connectivity index is 1.32. The number of benzene rings is 2. The smallest absolute Gasteiger partial charge is 0.322 e. The number of aromatic nitrogens is 5. The number of pyridine rings is 1. The Morgan fingerprint density at radius 3 is 2.63 bits per heavy atom. The van der Waals surface area contributed by atoms with Crippen LogP contribution in [0, 0.1) is 19.7 Å². The maximum atomic E-state index is 15.8. The summed E-state index contributed by atoms with van der Waals surface area (Å²) in [4.78, 5) is 28.6. The number of nitrogens with two attached hydrogens (primary N) is 1. The van der Waals surface area contributed by atoms with Crippen molar-refractivity contribution in [2.45, 2.75) is 27.3 Å². The van der Waals surface area contributed by atoms with E-state index in [9.17, 15) is 4.79 Å². The van der Waals surface area contributed by atoms with E-state index < -0.39 is 5.82 Å². The molecule has 0 aliphatic carbocycles. The molecule has 1 amide bonds. The van der Waals surface area contributed by atoms with Gasteiger partial charge < -0.3 is 20.5 Å². The summed E-state index contributed by atoms with van der Waals surface area (Å²) in [7, 11) is 0. The van der Waals surface area contributed by atoms with Crippen molar-refractivity contribution < 1.29 is 18.7 Å². The van der Waals surface area contributed by atoms with E-state index in [4.69, 9.17) is 15.2 Å². The number of thiophene rings is 1. The Morgan fingerprint density at radius 2 is 1.88 bits per heavy atom. The maximum absolute atomic E-state index is 15.8. The first kappa shape index (κ1) is 34.0. The van der Waals surface area contributed by atoms with Crippen molar-refractivity contribution in [2.75, 3.05) is 43.9 Å². The minimum Gasteiger partial charge on any atom is -0.421 e. The fourth-order valence-corrected chi connectivity index (χ4v) is 7.49. The molecule has 3 N–H and O–H groups in total. The normalized spacial score (nSPS) is 13.4. The predicted octanol–water partition coefficient (Wildman–Crippen LogP) is 7.26. The van der Waals surface area contributed by atoms with Crippen LogP contribution in [0.25, 0.3) is 42.8 Å². The standard InChI is InChI=1S/C38H37FN8O3S/c1-22(2)37(48)45-27-6-7-28(23(3)17-27)34-32(25-5-8-31(30(39)18-25)50-38-41-10-9-24(4)44-38)33-35(51-34)29(20-42-36(33)40)26-19-43-47(21-26)12-11-46-13-15-49-16-14-46/h5-10,17-21H,1,11-16H2,2-4H3,(H2,40,42)(H,45,48). The van der Waals surface area contributed by atoms with Gasteiger partial charge in [0.1, 0.15) is 5.82 Å². The fourth-order valence-electron chi connectivity index (χ4n) is 6.03. The van der Waals surface area contributed by atoms with Crippen LogP contribution in [0.15, 0.2) is 79.4 Å². The molecule has 0 radical (unpaired) electrons. The Kier molecular flexibility index (Phi) is 9.58. The van der Waals surface area contributed by atoms with E-state index >= 15 is 4.39 Å². The SMILES string of the molecule is C=C(C)C(=O)Nc1ccc(-c2sc3c(-c4cnn(CCN5CCOCC5)c4)cnc(N)c3c2-c2ccc(Oc3nccc(C)n3)c(F)c2)c(C)c1. The van der Waals surface area contributed by atoms with E-state index in [1.54, 1.807) is 48.9 Å². The second-order valence-corrected chi connectivity index (χ2v) is 13.5. The third kappa shape index (κ3) is 7.22. The van der Waals surface area contributed by atoms with Crippen LogP contribution in [0.4, 0.5) is 15.9 Å². The topological polar surface area (TPSA) is 133 Å². The van der Waals surface area contributed by atoms with Gasteiger partial charge in [-0.1, -0.05) is 18.7 Å². The van der Waals surface area contributed by atoms with Crippen LogP contribution < -0.4 is 15.8 Å². The molecular weight excluding hydrogens is 668 g/mol. The Labute approximate surface area is 298 Å². The summed E-state index contributed by atoms with van der Waals surface area (Å²) in [6.45, 7) is 14.1. The summed E-state index contributed by atoms with van der Waals surface area (Å²) in [5, 5.41) is 8.26. The summed E-state index contributed by atoms with van der Waals surface area (Å²) in [6.07, 6.45) is 7.20. The van der Waals surface area contributed by atoms with Gasteiger partial charge in [0.15, 0.2) is 11.6 Å². The molecule has 0 spiro atoms. The van der Waals surface area contributed by atoms with Gasteiger partial charge in [-0.15, -0.1) is 11.3 Å². The lowest BCUT2D eigenvalue weighted by Crippen LogP contribution is -2.38. The maximum Gasteiger partial charge on any atom is 0.322 e. The number of aryl methyl sites for hydroxylation is 2. The number of hydrogen-bond acceptors (Lipinski definition) is 10. The van der Waals surface area contributed by atoms with Crippen molar-refractivity contribution in [2.24, 2.45) is 0 Å². The second kappa shape index (κ2) is 14.4. The molecule has 0 atom stereocenters. The Morgan fingerprint density at radius 1 is 1.06 bits per heavy atom. The van der Waals surface area contributed by atoms with Crippen LogP contribution in [0.5, 0.6) is 11.8 Å². The molecule has 0 bridgehead atoms. The number of halogens is 1. The zero-order valence-corrected chi connectivity index (χ0v) is 29.4. The molecule has 7 rings (SSSR count). The number of carbonyl (C=O) groups is 1. The molecule has 0 saturated carbocycles. The molecule has 6 aromatic rings. The number of fused-ring (bicyclic) bond motifs is 1. The number of rotatable bonds is 10. The molecule has 1 aliphatic heterocycles. The van der Waals surface area contributed by atoms with Crippen LogP contribution in [-0.4, -0.2) is 68.4 Å². The van der Waals surface area contributed by atoms with E-state index in [1.807, 2.05) is 49.1 Å². The number of carbonyl (C=O) groups excluding carboxylic acids is 1. The number of nitrogens with zero attached hydrogens (tertiary/aromatic N) is 6. The third-order valence-electron chi connectivity index (χ3n) is 8.75. The van der Waals surface area contributed by atoms with E-state index in [0.29, 0.717) is 33.7 Å². The highest BCUT2D eigenvalue weighted by atomic mass is 32.1. The zero-order chi connectivity index (χ0) is 35.6. The van der Waals surface area contributed by atoms with Crippen molar-refractivity contribution in [1.82, 2.24) is 29.6 Å². The lowest BCUT2D eigenvalue weighted by atomic mass is 9.95. The first-order chi connectivity index (χ1) is 24.6. The molecule has 5 heterocycles. The van der Waals surface area contributed by atoms with E-state index in [1.165, 1.54) is 6.07 Å². The van der Waals surface area contributed by atoms with E-state index in [-0.39, 0.29) is 17.7 Å². The van der Waals surface area contributed by atoms with E-state index in [2.05, 4.69) is 36.8 Å². The second-order valence-electron chi connectivity index (χ2n) is 12.5. The van der Waals surface area contributed by atoms with Crippen LogP contribution in [-0.2, 0) is 16.1 Å². The van der Waals surface area contributed by atoms with Gasteiger partial charge in [-0.2, -0.15) is 5.10 Å². The largest absolute Gasteiger partial charge is 0.421 e. The summed E-state index contributed by atoms with van der Waals surface area (Å²) < 4.78 is 29.9. The van der Waals surface area contributed by atoms with Crippen LogP contribution in [0.2, 0.25) is 0 Å². The monoisotopic (exact) mass is 704 g/mol. The van der Waals surface area contributed by atoms with Gasteiger partial charge in [0.25, 0.3) is 5.91 Å². The third-order valence-corrected chi connectivity index (χ3v) is 10.0. The number of amides is 1. The van der Waals surface area contributed by atoms with Crippen molar-refractivity contribution in [3.05, 3.63) is 96.5 Å². The number of nitrogen functional groups attached to an aromatic ring is 1. The highest BCUT2D eigenvalue weighted by Crippen LogP contribution is 2.50. The molecule has 260 valence electrons. The van der Waals surface area contributed by atoms with Gasteiger partial charge in [-0.3, -0.25) is 14.4 Å². The quantitative estimate of drug-likeness (QED) is 0.141. The minimum atomic E-state index is -0.582. The van der Waals surface area contributed by atoms with Gasteiger partial charge in [-0.25, -0.2) is 19.3 Å². The first-order valence-corrected chi connectivity index (χ1v) is 17.4. The van der Waals surface area contributed by atoms with Crippen LogP contribution >= 0.6 is 11.3 Å². The molecule has 1 fully saturated rings. The average Bonchev–Trinajstić information content (AvgIpc) is 3.75. The molecule has 0 unspecified atom stereocenters. The van der Waals surface area contributed by atoms with Gasteiger partial charge in [-0.05, 0) is 67.8 Å². The molecule has 1 saturated heterocycles. The number of ether oxygens (including phenoxy) is 2. The summed E-state index contributed by atoms with van der Waals surface area (Å²) in [5.74, 6) is -0.521. The minimum absolute atomic E-state index is 0.00417. The van der Waals surface area contributed by atoms with Crippen LogP contribution in [0.3, 0.4) is 0 Å². The van der Waals surface area contributed by atoms with Gasteiger partial charge in [0, 0.05) is 86.8 Å². The lowest BCUT2D eigenvalue weighted by Gasteiger charge is -2.26. The van der Waals surface area contributed by atoms with Crippen molar-refractivity contribution in [3.8, 4) is 44.5 Å². The Bertz CT molecular complexity index is 2280. The summed E-state index contributed by atoms with van der Waals surface area (Å²) in [6, 6.07) is 12.3. The first-order valence-electron chi connectivity index (χ1n) is 16.5. The number of anilines is 2. The molecular formula is C38H37FN8O3S. The van der Waals surface area contributed by atoms with Crippen molar-refractivity contribution >= 4 is 38.8 Å². The molecule has 4 aromatic heterocycles.